The Morgan fingerprint density at radius 1 is 1.25 bits per heavy atom. The molecular formula is C15H24Cl4N4O. The van der Waals surface area contributed by atoms with Crippen molar-refractivity contribution in [2.75, 3.05) is 31.1 Å². The van der Waals surface area contributed by atoms with Crippen molar-refractivity contribution < 1.29 is 4.79 Å². The Labute approximate surface area is 165 Å². The summed E-state index contributed by atoms with van der Waals surface area (Å²) in [6.45, 7) is 6.78. The number of piperazine rings is 1. The van der Waals surface area contributed by atoms with Crippen molar-refractivity contribution in [2.45, 2.75) is 26.3 Å². The highest BCUT2D eigenvalue weighted by atomic mass is 35.5. The Balaban J connectivity index is 0.00000264. The number of aromatic nitrogens is 1. The number of hydrogen-bond donors (Lipinski definition) is 1. The second kappa shape index (κ2) is 10.5. The number of halogens is 4. The first kappa shape index (κ1) is 23.5. The van der Waals surface area contributed by atoms with Crippen LogP contribution in [-0.2, 0) is 4.79 Å². The van der Waals surface area contributed by atoms with Gasteiger partial charge in [-0.2, -0.15) is 0 Å². The number of pyridine rings is 1. The standard InChI is InChI=1S/C15H22Cl2N4O.2ClH/c1-10(2)7-13(18)15(22)21-5-3-20(4-6-21)14-12(17)8-11(16)9-19-14;;/h8-10,13H,3-7,18H2,1-2H3;2*1H/t13-;;/m0../s1. The highest BCUT2D eigenvalue weighted by Gasteiger charge is 2.26. The van der Waals surface area contributed by atoms with E-state index in [2.05, 4.69) is 23.7 Å². The van der Waals surface area contributed by atoms with E-state index in [4.69, 9.17) is 28.9 Å². The molecule has 1 saturated heterocycles. The number of rotatable bonds is 4. The Hall–Kier alpha value is -0.460. The molecule has 0 spiro atoms. The molecule has 2 N–H and O–H groups in total. The molecule has 1 aliphatic heterocycles. The SMILES string of the molecule is CC(C)C[C@H](N)C(=O)N1CCN(c2ncc(Cl)cc2Cl)CC1.Cl.Cl. The zero-order valence-corrected chi connectivity index (χ0v) is 16.9. The predicted molar refractivity (Wildman–Crippen MR) is 105 cm³/mol. The third-order valence-electron chi connectivity index (χ3n) is 3.72. The van der Waals surface area contributed by atoms with E-state index in [1.807, 2.05) is 4.90 Å². The number of nitrogens with two attached hydrogens (primary N) is 1. The quantitative estimate of drug-likeness (QED) is 0.816. The maximum atomic E-state index is 12.3. The number of carbonyl (C=O) groups is 1. The smallest absolute Gasteiger partial charge is 0.239 e. The van der Waals surface area contributed by atoms with Crippen LogP contribution in [0.15, 0.2) is 12.3 Å². The number of nitrogens with zero attached hydrogens (tertiary/aromatic N) is 3. The topological polar surface area (TPSA) is 62.5 Å². The van der Waals surface area contributed by atoms with Crippen molar-refractivity contribution >= 4 is 59.7 Å². The normalized spacial score (nSPS) is 15.6. The van der Waals surface area contributed by atoms with Crippen molar-refractivity contribution in [3.63, 3.8) is 0 Å². The second-order valence-electron chi connectivity index (χ2n) is 6.01. The summed E-state index contributed by atoms with van der Waals surface area (Å²) in [5.74, 6) is 1.16. The van der Waals surface area contributed by atoms with E-state index in [1.54, 1.807) is 12.3 Å². The summed E-state index contributed by atoms with van der Waals surface area (Å²) in [6, 6.07) is 1.27. The Morgan fingerprint density at radius 3 is 2.33 bits per heavy atom. The van der Waals surface area contributed by atoms with Crippen LogP contribution in [0.25, 0.3) is 0 Å². The molecule has 1 atom stereocenters. The van der Waals surface area contributed by atoms with Gasteiger partial charge in [0.25, 0.3) is 0 Å². The monoisotopic (exact) mass is 416 g/mol. The lowest BCUT2D eigenvalue weighted by molar-refractivity contribution is -0.133. The van der Waals surface area contributed by atoms with Crippen molar-refractivity contribution in [3.05, 3.63) is 22.3 Å². The first-order valence-electron chi connectivity index (χ1n) is 7.49. The molecule has 2 rings (SSSR count). The van der Waals surface area contributed by atoms with Crippen LogP contribution in [-0.4, -0.2) is 48.0 Å². The average Bonchev–Trinajstić information content (AvgIpc) is 2.46. The van der Waals surface area contributed by atoms with E-state index >= 15 is 0 Å². The van der Waals surface area contributed by atoms with Crippen LogP contribution in [0.5, 0.6) is 0 Å². The molecular weight excluding hydrogens is 394 g/mol. The number of anilines is 1. The van der Waals surface area contributed by atoms with Gasteiger partial charge in [0.05, 0.1) is 16.1 Å². The maximum absolute atomic E-state index is 12.3. The number of amides is 1. The maximum Gasteiger partial charge on any atom is 0.239 e. The first-order chi connectivity index (χ1) is 10.4. The fourth-order valence-corrected chi connectivity index (χ4v) is 3.12. The van der Waals surface area contributed by atoms with E-state index in [1.165, 1.54) is 0 Å². The van der Waals surface area contributed by atoms with Gasteiger partial charge < -0.3 is 15.5 Å². The average molecular weight is 418 g/mol. The van der Waals surface area contributed by atoms with Crippen molar-refractivity contribution in [2.24, 2.45) is 11.7 Å². The zero-order chi connectivity index (χ0) is 16.3. The molecule has 1 aromatic rings. The molecule has 0 bridgehead atoms. The molecule has 1 fully saturated rings. The zero-order valence-electron chi connectivity index (χ0n) is 13.7. The van der Waals surface area contributed by atoms with Gasteiger partial charge in [-0.3, -0.25) is 4.79 Å². The molecule has 0 radical (unpaired) electrons. The van der Waals surface area contributed by atoms with Gasteiger partial charge in [-0.05, 0) is 18.4 Å². The first-order valence-corrected chi connectivity index (χ1v) is 8.24. The number of hydrogen-bond acceptors (Lipinski definition) is 4. The molecule has 9 heteroatoms. The van der Waals surface area contributed by atoms with Gasteiger partial charge in [-0.15, -0.1) is 24.8 Å². The molecule has 0 aliphatic carbocycles. The fraction of sp³-hybridized carbons (Fsp3) is 0.600. The third-order valence-corrected chi connectivity index (χ3v) is 4.21. The summed E-state index contributed by atoms with van der Waals surface area (Å²) in [4.78, 5) is 20.5. The minimum absolute atomic E-state index is 0. The van der Waals surface area contributed by atoms with Gasteiger partial charge in [0.1, 0.15) is 5.82 Å². The predicted octanol–water partition coefficient (Wildman–Crippen LogP) is 3.25. The summed E-state index contributed by atoms with van der Waals surface area (Å²) in [5, 5.41) is 1.05. The molecule has 0 aromatic carbocycles. The summed E-state index contributed by atoms with van der Waals surface area (Å²) in [5.41, 5.74) is 5.98. The van der Waals surface area contributed by atoms with Crippen LogP contribution in [0.4, 0.5) is 5.82 Å². The van der Waals surface area contributed by atoms with Crippen LogP contribution in [0.3, 0.4) is 0 Å². The molecule has 1 aromatic heterocycles. The molecule has 0 saturated carbocycles. The van der Waals surface area contributed by atoms with E-state index in [9.17, 15) is 4.79 Å². The fourth-order valence-electron chi connectivity index (χ4n) is 2.62. The molecule has 138 valence electrons. The summed E-state index contributed by atoms with van der Waals surface area (Å²) in [7, 11) is 0. The van der Waals surface area contributed by atoms with Crippen molar-refractivity contribution in [1.82, 2.24) is 9.88 Å². The molecule has 2 heterocycles. The molecule has 1 aliphatic rings. The van der Waals surface area contributed by atoms with Crippen LogP contribution in [0.1, 0.15) is 20.3 Å². The van der Waals surface area contributed by atoms with E-state index in [0.717, 1.165) is 0 Å². The van der Waals surface area contributed by atoms with Crippen molar-refractivity contribution in [3.8, 4) is 0 Å². The van der Waals surface area contributed by atoms with Gasteiger partial charge in [0.15, 0.2) is 0 Å². The lowest BCUT2D eigenvalue weighted by Crippen LogP contribution is -2.53. The highest BCUT2D eigenvalue weighted by Crippen LogP contribution is 2.26. The van der Waals surface area contributed by atoms with Gasteiger partial charge in [0, 0.05) is 32.4 Å². The largest absolute Gasteiger partial charge is 0.352 e. The second-order valence-corrected chi connectivity index (χ2v) is 6.85. The Kier molecular flexibility index (Phi) is 10.3. The van der Waals surface area contributed by atoms with Crippen molar-refractivity contribution in [1.29, 1.82) is 0 Å². The van der Waals surface area contributed by atoms with E-state index in [-0.39, 0.29) is 30.7 Å². The van der Waals surface area contributed by atoms with E-state index in [0.29, 0.717) is 54.4 Å². The van der Waals surface area contributed by atoms with Gasteiger partial charge in [-0.25, -0.2) is 4.98 Å². The van der Waals surface area contributed by atoms with Crippen LogP contribution in [0, 0.1) is 5.92 Å². The summed E-state index contributed by atoms with van der Waals surface area (Å²) in [6.07, 6.45) is 2.29. The van der Waals surface area contributed by atoms with Gasteiger partial charge in [-0.1, -0.05) is 37.0 Å². The van der Waals surface area contributed by atoms with Gasteiger partial charge >= 0.3 is 0 Å². The van der Waals surface area contributed by atoms with Crippen LogP contribution >= 0.6 is 48.0 Å². The lowest BCUT2D eigenvalue weighted by atomic mass is 10.0. The molecule has 5 nitrogen and oxygen atoms in total. The Morgan fingerprint density at radius 2 is 1.83 bits per heavy atom. The molecule has 0 unspecified atom stereocenters. The van der Waals surface area contributed by atoms with Crippen LogP contribution in [0.2, 0.25) is 10.0 Å². The number of carbonyl (C=O) groups excluding carboxylic acids is 1. The third kappa shape index (κ3) is 6.12. The summed E-state index contributed by atoms with van der Waals surface area (Å²) >= 11 is 12.0. The summed E-state index contributed by atoms with van der Waals surface area (Å²) < 4.78 is 0. The minimum Gasteiger partial charge on any atom is -0.352 e. The molecule has 24 heavy (non-hydrogen) atoms. The van der Waals surface area contributed by atoms with E-state index < -0.39 is 6.04 Å². The minimum atomic E-state index is -0.413. The van der Waals surface area contributed by atoms with Gasteiger partial charge in [0.2, 0.25) is 5.91 Å². The Bertz CT molecular complexity index is 536. The highest BCUT2D eigenvalue weighted by molar-refractivity contribution is 6.36. The van der Waals surface area contributed by atoms with Crippen LogP contribution < -0.4 is 10.6 Å². The molecule has 1 amide bonds. The lowest BCUT2D eigenvalue weighted by Gasteiger charge is -2.37.